The first-order chi connectivity index (χ1) is 12.8. The maximum Gasteiger partial charge on any atom is 0.333 e. The lowest BCUT2D eigenvalue weighted by atomic mass is 10.1. The van der Waals surface area contributed by atoms with Crippen molar-refractivity contribution in [3.8, 4) is 0 Å². The number of aromatic nitrogens is 2. The Labute approximate surface area is 155 Å². The van der Waals surface area contributed by atoms with Crippen molar-refractivity contribution in [2.75, 3.05) is 6.61 Å². The highest BCUT2D eigenvalue weighted by molar-refractivity contribution is 5.29. The number of hydrogen-bond donors (Lipinski definition) is 1. The summed E-state index contributed by atoms with van der Waals surface area (Å²) < 4.78 is 26.7. The lowest BCUT2D eigenvalue weighted by Gasteiger charge is -2.19. The second kappa shape index (κ2) is 7.75. The summed E-state index contributed by atoms with van der Waals surface area (Å²) in [4.78, 5) is 23.6. The number of aliphatic hydroxyl groups is 1. The summed E-state index contributed by atoms with van der Waals surface area (Å²) in [5.74, 6) is -1.01. The van der Waals surface area contributed by atoms with Crippen LogP contribution in [0, 0.1) is 19.7 Å². The molecule has 0 radical (unpaired) electrons. The Hall–Kier alpha value is -2.29. The van der Waals surface area contributed by atoms with Gasteiger partial charge in [-0.2, -0.15) is 4.39 Å². The molecule has 1 aliphatic heterocycles. The van der Waals surface area contributed by atoms with E-state index in [1.165, 1.54) is 7.05 Å². The third kappa shape index (κ3) is 4.18. The molecule has 1 saturated heterocycles. The van der Waals surface area contributed by atoms with E-state index < -0.39 is 29.6 Å². The molecule has 3 atom stereocenters. The van der Waals surface area contributed by atoms with Crippen LogP contribution in [0.5, 0.6) is 0 Å². The molecule has 8 heteroatoms. The van der Waals surface area contributed by atoms with Crippen LogP contribution in [-0.4, -0.2) is 27.0 Å². The molecule has 3 rings (SSSR count). The quantitative estimate of drug-likeness (QED) is 0.801. The van der Waals surface area contributed by atoms with Gasteiger partial charge in [-0.05, 0) is 26.7 Å². The summed E-state index contributed by atoms with van der Waals surface area (Å²) in [6.07, 6.45) is -0.160. The van der Waals surface area contributed by atoms with Gasteiger partial charge >= 0.3 is 5.69 Å². The van der Waals surface area contributed by atoms with Crippen molar-refractivity contribution in [1.82, 2.24) is 9.13 Å². The number of aryl methyl sites for hydroxylation is 2. The number of hydrogen-bond acceptors (Lipinski definition) is 5. The Kier molecular flexibility index (Phi) is 5.59. The minimum atomic E-state index is -1.08. The monoisotopic (exact) mass is 378 g/mol. The van der Waals surface area contributed by atoms with Crippen LogP contribution in [0.1, 0.15) is 42.0 Å². The minimum absolute atomic E-state index is 0.133. The zero-order valence-corrected chi connectivity index (χ0v) is 15.5. The number of halogens is 1. The van der Waals surface area contributed by atoms with Crippen molar-refractivity contribution in [2.45, 2.75) is 45.3 Å². The summed E-state index contributed by atoms with van der Waals surface area (Å²) in [6.45, 7) is 4.02. The van der Waals surface area contributed by atoms with Crippen molar-refractivity contribution in [3.05, 3.63) is 67.7 Å². The SMILES string of the molecule is Cc1cc(C)cc(C(O)OCC2CCC(n3cc(F)c(=O)n(C)c3=O)O2)c1. The van der Waals surface area contributed by atoms with Crippen molar-refractivity contribution in [1.29, 1.82) is 0 Å². The second-order valence-corrected chi connectivity index (χ2v) is 6.93. The topological polar surface area (TPSA) is 82.7 Å². The Morgan fingerprint density at radius 1 is 1.26 bits per heavy atom. The van der Waals surface area contributed by atoms with Crippen molar-refractivity contribution in [3.63, 3.8) is 0 Å². The first kappa shape index (κ1) is 19.5. The first-order valence-electron chi connectivity index (χ1n) is 8.77. The Bertz CT molecular complexity index is 932. The zero-order chi connectivity index (χ0) is 19.7. The van der Waals surface area contributed by atoms with Gasteiger partial charge in [-0.25, -0.2) is 4.79 Å². The molecule has 27 heavy (non-hydrogen) atoms. The van der Waals surface area contributed by atoms with Crippen molar-refractivity contribution in [2.24, 2.45) is 7.05 Å². The first-order valence-corrected chi connectivity index (χ1v) is 8.77. The highest BCUT2D eigenvalue weighted by atomic mass is 19.1. The summed E-state index contributed by atoms with van der Waals surface area (Å²) in [5, 5.41) is 10.2. The maximum absolute atomic E-state index is 13.7. The predicted molar refractivity (Wildman–Crippen MR) is 95.9 cm³/mol. The van der Waals surface area contributed by atoms with Crippen LogP contribution in [0.3, 0.4) is 0 Å². The number of rotatable bonds is 5. The van der Waals surface area contributed by atoms with Crippen LogP contribution in [0.2, 0.25) is 0 Å². The van der Waals surface area contributed by atoms with Gasteiger partial charge in [0.05, 0.1) is 18.9 Å². The summed E-state index contributed by atoms with van der Waals surface area (Å²) in [6, 6.07) is 5.70. The minimum Gasteiger partial charge on any atom is -0.364 e. The number of aliphatic hydroxyl groups excluding tert-OH is 1. The van der Waals surface area contributed by atoms with E-state index in [1.807, 2.05) is 32.0 Å². The van der Waals surface area contributed by atoms with Crippen LogP contribution in [0.4, 0.5) is 4.39 Å². The molecule has 2 heterocycles. The molecular weight excluding hydrogens is 355 g/mol. The third-order valence-corrected chi connectivity index (χ3v) is 4.63. The number of nitrogens with zero attached hydrogens (tertiary/aromatic N) is 2. The molecule has 1 N–H and O–H groups in total. The van der Waals surface area contributed by atoms with Crippen molar-refractivity contribution < 1.29 is 19.0 Å². The lowest BCUT2D eigenvalue weighted by Crippen LogP contribution is -2.40. The van der Waals surface area contributed by atoms with E-state index in [1.54, 1.807) is 0 Å². The average Bonchev–Trinajstić information content (AvgIpc) is 3.09. The molecule has 146 valence electrons. The smallest absolute Gasteiger partial charge is 0.333 e. The predicted octanol–water partition coefficient (Wildman–Crippen LogP) is 1.69. The molecule has 0 aliphatic carbocycles. The molecule has 1 fully saturated rings. The molecular formula is C19H23FN2O5. The molecule has 0 amide bonds. The van der Waals surface area contributed by atoms with Gasteiger partial charge in [0.25, 0.3) is 5.56 Å². The van der Waals surface area contributed by atoms with Crippen molar-refractivity contribution >= 4 is 0 Å². The van der Waals surface area contributed by atoms with Crippen LogP contribution < -0.4 is 11.2 Å². The third-order valence-electron chi connectivity index (χ3n) is 4.63. The normalized spacial score (nSPS) is 20.8. The molecule has 0 saturated carbocycles. The summed E-state index contributed by atoms with van der Waals surface area (Å²) in [7, 11) is 1.22. The van der Waals surface area contributed by atoms with Gasteiger partial charge < -0.3 is 14.6 Å². The van der Waals surface area contributed by atoms with E-state index in [2.05, 4.69) is 0 Å². The van der Waals surface area contributed by atoms with Gasteiger partial charge in [-0.15, -0.1) is 0 Å². The van der Waals surface area contributed by atoms with E-state index >= 15 is 0 Å². The second-order valence-electron chi connectivity index (χ2n) is 6.93. The highest BCUT2D eigenvalue weighted by Gasteiger charge is 2.29. The fourth-order valence-corrected chi connectivity index (χ4v) is 3.32. The number of ether oxygens (including phenoxy) is 2. The van der Waals surface area contributed by atoms with Crippen LogP contribution in [0.15, 0.2) is 34.0 Å². The van der Waals surface area contributed by atoms with E-state index in [9.17, 15) is 19.1 Å². The van der Waals surface area contributed by atoms with E-state index in [0.29, 0.717) is 23.0 Å². The molecule has 7 nitrogen and oxygen atoms in total. The molecule has 3 unspecified atom stereocenters. The molecule has 0 bridgehead atoms. The maximum atomic E-state index is 13.7. The summed E-state index contributed by atoms with van der Waals surface area (Å²) in [5.41, 5.74) is 1.12. The Morgan fingerprint density at radius 3 is 2.59 bits per heavy atom. The van der Waals surface area contributed by atoms with Crippen LogP contribution >= 0.6 is 0 Å². The Balaban J connectivity index is 1.64. The van der Waals surface area contributed by atoms with Gasteiger partial charge in [0.1, 0.15) is 6.23 Å². The zero-order valence-electron chi connectivity index (χ0n) is 15.5. The molecule has 1 aromatic heterocycles. The standard InChI is InChI=1S/C19H23FN2O5/c1-11-6-12(2)8-13(7-11)18(24)26-10-14-4-5-16(27-14)22-9-15(20)17(23)21(3)19(22)25/h6-9,14,16,18,24H,4-5,10H2,1-3H3. The van der Waals surface area contributed by atoms with Gasteiger partial charge in [0, 0.05) is 12.6 Å². The van der Waals surface area contributed by atoms with Crippen LogP contribution in [-0.2, 0) is 16.5 Å². The fraction of sp³-hybridized carbons (Fsp3) is 0.474. The van der Waals surface area contributed by atoms with Gasteiger partial charge in [-0.3, -0.25) is 13.9 Å². The highest BCUT2D eigenvalue weighted by Crippen LogP contribution is 2.28. The largest absolute Gasteiger partial charge is 0.364 e. The molecule has 1 aromatic carbocycles. The van der Waals surface area contributed by atoms with Gasteiger partial charge in [-0.1, -0.05) is 29.3 Å². The number of benzene rings is 1. The van der Waals surface area contributed by atoms with Gasteiger partial charge in [0.2, 0.25) is 5.82 Å². The van der Waals surface area contributed by atoms with E-state index in [-0.39, 0.29) is 12.7 Å². The van der Waals surface area contributed by atoms with Crippen LogP contribution in [0.25, 0.3) is 0 Å². The van der Waals surface area contributed by atoms with Gasteiger partial charge in [0.15, 0.2) is 6.29 Å². The molecule has 0 spiro atoms. The lowest BCUT2D eigenvalue weighted by molar-refractivity contribution is -0.137. The molecule has 2 aromatic rings. The molecule has 1 aliphatic rings. The fourth-order valence-electron chi connectivity index (χ4n) is 3.32. The van der Waals surface area contributed by atoms with E-state index in [0.717, 1.165) is 21.9 Å². The Morgan fingerprint density at radius 2 is 1.93 bits per heavy atom. The van der Waals surface area contributed by atoms with E-state index in [4.69, 9.17) is 9.47 Å². The average molecular weight is 378 g/mol. The summed E-state index contributed by atoms with van der Waals surface area (Å²) >= 11 is 0.